The fourth-order valence-electron chi connectivity index (χ4n) is 3.27. The molecule has 0 unspecified atom stereocenters. The van der Waals surface area contributed by atoms with E-state index in [1.165, 1.54) is 28.2 Å². The van der Waals surface area contributed by atoms with Crippen molar-refractivity contribution in [3.8, 4) is 5.75 Å². The molecule has 1 fully saturated rings. The van der Waals surface area contributed by atoms with Crippen molar-refractivity contribution in [3.63, 3.8) is 0 Å². The minimum absolute atomic E-state index is 0.126. The molecule has 1 aromatic carbocycles. The molecule has 0 atom stereocenters. The molecule has 0 saturated carbocycles. The molecule has 1 aromatic heterocycles. The van der Waals surface area contributed by atoms with Crippen molar-refractivity contribution in [1.82, 2.24) is 8.87 Å². The van der Waals surface area contributed by atoms with Gasteiger partial charge < -0.3 is 14.6 Å². The third-order valence-electron chi connectivity index (χ3n) is 4.89. The Morgan fingerprint density at radius 3 is 2.50 bits per heavy atom. The number of rotatable bonds is 5. The molecule has 0 radical (unpaired) electrons. The van der Waals surface area contributed by atoms with Crippen molar-refractivity contribution < 1.29 is 17.9 Å². The molecule has 1 saturated heterocycles. The number of anilines is 1. The fraction of sp³-hybridized carbons (Fsp3) is 0.421. The molecule has 2 heterocycles. The number of hydrogen-bond acceptors (Lipinski definition) is 4. The quantitative estimate of drug-likeness (QED) is 0.795. The Hall–Kier alpha value is -2.03. The second-order valence-electron chi connectivity index (χ2n) is 6.89. The molecule has 28 heavy (non-hydrogen) atoms. The van der Waals surface area contributed by atoms with Gasteiger partial charge in [-0.2, -0.15) is 4.31 Å². The van der Waals surface area contributed by atoms with Crippen molar-refractivity contribution in [1.29, 1.82) is 0 Å². The number of aromatic nitrogens is 1. The largest absolute Gasteiger partial charge is 0.495 e. The Morgan fingerprint density at radius 1 is 1.18 bits per heavy atom. The minimum Gasteiger partial charge on any atom is -0.495 e. The van der Waals surface area contributed by atoms with Gasteiger partial charge in [-0.05, 0) is 37.5 Å². The molecule has 2 aromatic rings. The summed E-state index contributed by atoms with van der Waals surface area (Å²) in [6.45, 7) is 2.85. The Labute approximate surface area is 170 Å². The SMILES string of the molecule is COc1cc(Cl)c(C)cc1NC(=O)c1cc(S(=O)(=O)N2CCCCC2)cn1C. The van der Waals surface area contributed by atoms with E-state index in [0.29, 0.717) is 29.5 Å². The molecule has 0 bridgehead atoms. The van der Waals surface area contributed by atoms with Crippen LogP contribution in [0.5, 0.6) is 5.75 Å². The zero-order valence-corrected chi connectivity index (χ0v) is 17.7. The van der Waals surface area contributed by atoms with Crippen LogP contribution in [0.2, 0.25) is 5.02 Å². The maximum Gasteiger partial charge on any atom is 0.272 e. The number of ether oxygens (including phenoxy) is 1. The summed E-state index contributed by atoms with van der Waals surface area (Å²) in [6, 6.07) is 4.76. The maximum atomic E-state index is 12.9. The fourth-order valence-corrected chi connectivity index (χ4v) is 5.01. The Balaban J connectivity index is 1.87. The highest BCUT2D eigenvalue weighted by atomic mass is 35.5. The molecule has 1 N–H and O–H groups in total. The van der Waals surface area contributed by atoms with E-state index >= 15 is 0 Å². The lowest BCUT2D eigenvalue weighted by Crippen LogP contribution is -2.35. The topological polar surface area (TPSA) is 80.6 Å². The Bertz CT molecular complexity index is 995. The highest BCUT2D eigenvalue weighted by Crippen LogP contribution is 2.31. The Kier molecular flexibility index (Phi) is 6.02. The third kappa shape index (κ3) is 4.04. The van der Waals surface area contributed by atoms with Gasteiger partial charge in [-0.25, -0.2) is 8.42 Å². The van der Waals surface area contributed by atoms with Gasteiger partial charge in [0.1, 0.15) is 16.3 Å². The van der Waals surface area contributed by atoms with Crippen LogP contribution in [0.3, 0.4) is 0 Å². The lowest BCUT2D eigenvalue weighted by atomic mass is 10.2. The van der Waals surface area contributed by atoms with Crippen molar-refractivity contribution in [2.24, 2.45) is 7.05 Å². The van der Waals surface area contributed by atoms with E-state index in [1.807, 2.05) is 6.92 Å². The van der Waals surface area contributed by atoms with E-state index in [2.05, 4.69) is 5.32 Å². The van der Waals surface area contributed by atoms with Crippen LogP contribution in [0.25, 0.3) is 0 Å². The van der Waals surface area contributed by atoms with Gasteiger partial charge in [0.2, 0.25) is 10.0 Å². The number of aryl methyl sites for hydroxylation is 2. The van der Waals surface area contributed by atoms with Crippen molar-refractivity contribution in [3.05, 3.63) is 40.7 Å². The first-order valence-corrected chi connectivity index (χ1v) is 10.9. The zero-order chi connectivity index (χ0) is 20.5. The van der Waals surface area contributed by atoms with Crippen LogP contribution in [-0.4, -0.2) is 43.4 Å². The van der Waals surface area contributed by atoms with Crippen LogP contribution in [0.4, 0.5) is 5.69 Å². The predicted octanol–water partition coefficient (Wildman–Crippen LogP) is 3.42. The summed E-state index contributed by atoms with van der Waals surface area (Å²) in [5.74, 6) is 0.00179. The Morgan fingerprint density at radius 2 is 1.86 bits per heavy atom. The number of nitrogens with zero attached hydrogens (tertiary/aromatic N) is 2. The van der Waals surface area contributed by atoms with E-state index in [4.69, 9.17) is 16.3 Å². The normalized spacial score (nSPS) is 15.4. The van der Waals surface area contributed by atoms with Crippen LogP contribution in [0, 0.1) is 6.92 Å². The van der Waals surface area contributed by atoms with Gasteiger partial charge >= 0.3 is 0 Å². The van der Waals surface area contributed by atoms with Crippen LogP contribution in [-0.2, 0) is 17.1 Å². The zero-order valence-electron chi connectivity index (χ0n) is 16.2. The van der Waals surface area contributed by atoms with Crippen LogP contribution in [0.15, 0.2) is 29.3 Å². The highest BCUT2D eigenvalue weighted by Gasteiger charge is 2.28. The molecule has 0 aliphatic carbocycles. The lowest BCUT2D eigenvalue weighted by molar-refractivity contribution is 0.101. The third-order valence-corrected chi connectivity index (χ3v) is 7.17. The minimum atomic E-state index is -3.60. The number of halogens is 1. The number of nitrogens with one attached hydrogen (secondary N) is 1. The standard InChI is InChI=1S/C19H24ClN3O4S/c1-13-9-16(18(27-3)11-15(13)20)21-19(24)17-10-14(12-22(17)2)28(25,26)23-7-5-4-6-8-23/h9-12H,4-8H2,1-3H3,(H,21,24). The maximum absolute atomic E-state index is 12.9. The summed E-state index contributed by atoms with van der Waals surface area (Å²) in [4.78, 5) is 12.9. The van der Waals surface area contributed by atoms with E-state index in [0.717, 1.165) is 24.8 Å². The van der Waals surface area contributed by atoms with Crippen LogP contribution < -0.4 is 10.1 Å². The summed E-state index contributed by atoms with van der Waals surface area (Å²) in [7, 11) is -0.469. The van der Waals surface area contributed by atoms with Crippen LogP contribution >= 0.6 is 11.6 Å². The lowest BCUT2D eigenvalue weighted by Gasteiger charge is -2.25. The molecule has 1 aliphatic heterocycles. The van der Waals surface area contributed by atoms with Crippen LogP contribution in [0.1, 0.15) is 35.3 Å². The number of carbonyl (C=O) groups is 1. The number of sulfonamides is 1. The number of benzene rings is 1. The van der Waals surface area contributed by atoms with Crippen molar-refractivity contribution >= 4 is 33.2 Å². The van der Waals surface area contributed by atoms with Gasteiger partial charge in [-0.15, -0.1) is 0 Å². The highest BCUT2D eigenvalue weighted by molar-refractivity contribution is 7.89. The van der Waals surface area contributed by atoms with E-state index in [9.17, 15) is 13.2 Å². The van der Waals surface area contributed by atoms with E-state index < -0.39 is 15.9 Å². The summed E-state index contributed by atoms with van der Waals surface area (Å²) in [5, 5.41) is 3.31. The molecule has 7 nitrogen and oxygen atoms in total. The molecule has 1 aliphatic rings. The summed E-state index contributed by atoms with van der Waals surface area (Å²) in [6.07, 6.45) is 4.23. The van der Waals surface area contributed by atoms with Gasteiger partial charge in [-0.3, -0.25) is 4.79 Å². The van der Waals surface area contributed by atoms with Crippen molar-refractivity contribution in [2.45, 2.75) is 31.1 Å². The van der Waals surface area contributed by atoms with Gasteiger partial charge in [-0.1, -0.05) is 18.0 Å². The number of amides is 1. The number of piperidine rings is 1. The molecule has 0 spiro atoms. The smallest absolute Gasteiger partial charge is 0.272 e. The first-order chi connectivity index (χ1) is 13.2. The first kappa shape index (κ1) is 20.7. The summed E-state index contributed by atoms with van der Waals surface area (Å²) >= 11 is 6.10. The summed E-state index contributed by atoms with van der Waals surface area (Å²) in [5.41, 5.74) is 1.50. The number of carbonyl (C=O) groups excluding carboxylic acids is 1. The average Bonchev–Trinajstić information content (AvgIpc) is 3.08. The summed E-state index contributed by atoms with van der Waals surface area (Å²) < 4.78 is 34.0. The molecule has 3 rings (SSSR count). The molecule has 1 amide bonds. The first-order valence-electron chi connectivity index (χ1n) is 9.06. The molecular formula is C19H24ClN3O4S. The average molecular weight is 426 g/mol. The number of hydrogen-bond donors (Lipinski definition) is 1. The van der Waals surface area contributed by atoms with E-state index in [1.54, 1.807) is 19.2 Å². The molecular weight excluding hydrogens is 402 g/mol. The molecule has 9 heteroatoms. The second-order valence-corrected chi connectivity index (χ2v) is 9.24. The van der Waals surface area contributed by atoms with Gasteiger partial charge in [0.05, 0.1) is 12.8 Å². The molecule has 152 valence electrons. The van der Waals surface area contributed by atoms with Crippen molar-refractivity contribution in [2.75, 3.05) is 25.5 Å². The van der Waals surface area contributed by atoms with E-state index in [-0.39, 0.29) is 10.6 Å². The number of methoxy groups -OCH3 is 1. The monoisotopic (exact) mass is 425 g/mol. The van der Waals surface area contributed by atoms with Gasteiger partial charge in [0, 0.05) is 37.4 Å². The predicted molar refractivity (Wildman–Crippen MR) is 109 cm³/mol. The van der Waals surface area contributed by atoms with Gasteiger partial charge in [0.15, 0.2) is 0 Å². The second kappa shape index (κ2) is 8.14. The van der Waals surface area contributed by atoms with Gasteiger partial charge in [0.25, 0.3) is 5.91 Å².